The largest absolute Gasteiger partial charge is 0.485 e. The molecule has 0 saturated heterocycles. The first-order valence-electron chi connectivity index (χ1n) is 43.7. The van der Waals surface area contributed by atoms with Crippen LogP contribution in [0.5, 0.6) is 23.0 Å². The lowest BCUT2D eigenvalue weighted by Gasteiger charge is -2.27. The van der Waals surface area contributed by atoms with E-state index in [1.54, 1.807) is 11.3 Å². The molecule has 7 aromatic rings. The molecule has 106 heavy (non-hydrogen) atoms. The normalized spacial score (nSPS) is 16.7. The molecular formula is C92H136N2O6S6. The second kappa shape index (κ2) is 42.6. The average molecular weight is 1560 g/mol. The molecule has 0 saturated carbocycles. The topological polar surface area (TPSA) is 77.5 Å². The number of amides is 2. The zero-order valence-corrected chi connectivity index (χ0v) is 72.4. The van der Waals surface area contributed by atoms with Gasteiger partial charge in [-0.05, 0) is 100 Å². The fourth-order valence-electron chi connectivity index (χ4n) is 17.9. The minimum absolute atomic E-state index is 0.147. The predicted molar refractivity (Wildman–Crippen MR) is 465 cm³/mol. The van der Waals surface area contributed by atoms with Crippen molar-refractivity contribution in [2.24, 2.45) is 23.7 Å². The Balaban J connectivity index is 1.04. The van der Waals surface area contributed by atoms with Crippen molar-refractivity contribution < 1.29 is 28.5 Å². The Kier molecular flexibility index (Phi) is 33.4. The van der Waals surface area contributed by atoms with E-state index in [-0.39, 0.29) is 11.8 Å². The van der Waals surface area contributed by atoms with E-state index in [4.69, 9.17) is 18.9 Å². The second-order valence-corrected chi connectivity index (χ2v) is 39.4. The van der Waals surface area contributed by atoms with E-state index in [0.717, 1.165) is 102 Å². The molecule has 14 heteroatoms. The highest BCUT2D eigenvalue weighted by Crippen LogP contribution is 2.63. The Hall–Kier alpha value is -3.92. The van der Waals surface area contributed by atoms with E-state index in [1.807, 2.05) is 56.7 Å². The lowest BCUT2D eigenvalue weighted by atomic mass is 9.90. The molecule has 1 aromatic carbocycles. The number of hydrogen-bond acceptors (Lipinski definition) is 12. The smallest absolute Gasteiger partial charge is 0.236 e. The second-order valence-electron chi connectivity index (χ2n) is 32.6. The van der Waals surface area contributed by atoms with Crippen molar-refractivity contribution in [1.82, 2.24) is 0 Å². The summed E-state index contributed by atoms with van der Waals surface area (Å²) in [6, 6.07) is 9.72. The number of carbonyl (C=O) groups is 2. The number of fused-ring (bicyclic) bond motifs is 6. The third-order valence-electron chi connectivity index (χ3n) is 24.1. The predicted octanol–water partition coefficient (Wildman–Crippen LogP) is 30.4. The Morgan fingerprint density at radius 2 is 0.698 bits per heavy atom. The third-order valence-corrected chi connectivity index (χ3v) is 31.3. The molecule has 4 aliphatic heterocycles. The summed E-state index contributed by atoms with van der Waals surface area (Å²) in [5.74, 6) is 4.82. The fraction of sp³-hybridized carbons (Fsp3) is 0.696. The molecule has 0 spiro atoms. The van der Waals surface area contributed by atoms with Crippen molar-refractivity contribution in [3.8, 4) is 53.6 Å². The standard InChI is InChI=1S/C92H136N2O6S6/c1-11-19-25-29-33-35-39-43-49-67(47-41-37-31-27-21-13-3)61-93-71-56-64(10)102-87(71)79(91(93)95)80-88-72(94(92(80)96)62-68(48-42-38-32-28-22-14-4)50-44-40-36-34-30-26-20-12-2)60-74(104-88)73-59-70-78(90-84-82(98-52-54-100-84)76(106-90)58-66(18-8)46-24-16-6)85-69(55-63(9)101-85)77(86(70)103-73)89-83-81(97-51-53-99-83)75(105-89)57-65(17-7)45-23-15-5/h55-56,59-60,65-68,79-80H,11-54,57-58,61-62H2,1-10H3. The van der Waals surface area contributed by atoms with Crippen LogP contribution < -0.4 is 28.7 Å². The minimum Gasteiger partial charge on any atom is -0.485 e. The molecular weight excluding hydrogens is 1420 g/mol. The van der Waals surface area contributed by atoms with Gasteiger partial charge in [0.1, 0.15) is 26.4 Å². The van der Waals surface area contributed by atoms with Crippen molar-refractivity contribution in [3.05, 3.63) is 53.5 Å². The van der Waals surface area contributed by atoms with Crippen LogP contribution in [0.15, 0.2) is 24.3 Å². The molecule has 6 unspecified atom stereocenters. The number of thiophene rings is 6. The van der Waals surface area contributed by atoms with Gasteiger partial charge in [-0.1, -0.05) is 287 Å². The molecule has 6 atom stereocenters. The lowest BCUT2D eigenvalue weighted by molar-refractivity contribution is -0.125. The number of hydrogen-bond donors (Lipinski definition) is 0. The van der Waals surface area contributed by atoms with Crippen molar-refractivity contribution in [3.63, 3.8) is 0 Å². The first kappa shape index (κ1) is 83.0. The molecule has 2 amide bonds. The first-order valence-corrected chi connectivity index (χ1v) is 48.6. The minimum atomic E-state index is -0.589. The number of unbranched alkanes of at least 4 members (excludes halogenated alkanes) is 26. The van der Waals surface area contributed by atoms with Crippen LogP contribution in [0.1, 0.15) is 353 Å². The van der Waals surface area contributed by atoms with Crippen LogP contribution in [-0.4, -0.2) is 51.3 Å². The van der Waals surface area contributed by atoms with Gasteiger partial charge in [-0.15, -0.1) is 68.0 Å². The van der Waals surface area contributed by atoms with Gasteiger partial charge in [0, 0.05) is 73.7 Å². The summed E-state index contributed by atoms with van der Waals surface area (Å²) in [5, 5.41) is 2.49. The molecule has 0 fully saturated rings. The van der Waals surface area contributed by atoms with Gasteiger partial charge in [-0.3, -0.25) is 9.59 Å². The molecule has 586 valence electrons. The van der Waals surface area contributed by atoms with Gasteiger partial charge in [0.15, 0.2) is 23.0 Å². The van der Waals surface area contributed by atoms with Crippen molar-refractivity contribution in [2.75, 3.05) is 49.3 Å². The maximum atomic E-state index is 16.5. The molecule has 0 radical (unpaired) electrons. The quantitative estimate of drug-likeness (QED) is 0.0354. The number of carbonyl (C=O) groups excluding carboxylic acids is 2. The van der Waals surface area contributed by atoms with Crippen LogP contribution >= 0.6 is 68.0 Å². The number of nitrogens with zero attached hydrogens (tertiary/aromatic N) is 2. The van der Waals surface area contributed by atoms with Gasteiger partial charge in [0.05, 0.1) is 42.7 Å². The van der Waals surface area contributed by atoms with Gasteiger partial charge in [-0.25, -0.2) is 0 Å². The van der Waals surface area contributed by atoms with Gasteiger partial charge >= 0.3 is 0 Å². The van der Waals surface area contributed by atoms with Crippen LogP contribution in [-0.2, 0) is 22.4 Å². The molecule has 6 aromatic heterocycles. The van der Waals surface area contributed by atoms with Crippen LogP contribution in [0, 0.1) is 37.5 Å². The lowest BCUT2D eigenvalue weighted by Crippen LogP contribution is -2.39. The van der Waals surface area contributed by atoms with Crippen molar-refractivity contribution in [2.45, 2.75) is 351 Å². The number of benzene rings is 1. The Labute approximate surface area is 665 Å². The number of anilines is 2. The Morgan fingerprint density at radius 3 is 1.11 bits per heavy atom. The van der Waals surface area contributed by atoms with Crippen molar-refractivity contribution in [1.29, 1.82) is 0 Å². The van der Waals surface area contributed by atoms with E-state index < -0.39 is 11.8 Å². The molecule has 4 aliphatic rings. The number of ether oxygens (including phenoxy) is 4. The highest BCUT2D eigenvalue weighted by atomic mass is 32.1. The maximum Gasteiger partial charge on any atom is 0.236 e. The number of aryl methyl sites for hydroxylation is 2. The van der Waals surface area contributed by atoms with Gasteiger partial charge in [0.2, 0.25) is 11.8 Å². The van der Waals surface area contributed by atoms with Crippen LogP contribution in [0.25, 0.3) is 50.8 Å². The Bertz CT molecular complexity index is 3710. The van der Waals surface area contributed by atoms with Gasteiger partial charge in [0.25, 0.3) is 0 Å². The summed E-state index contributed by atoms with van der Waals surface area (Å²) in [6.45, 7) is 26.7. The molecule has 8 nitrogen and oxygen atoms in total. The fourth-order valence-corrected chi connectivity index (χ4v) is 25.6. The van der Waals surface area contributed by atoms with E-state index in [0.29, 0.717) is 56.6 Å². The van der Waals surface area contributed by atoms with Gasteiger partial charge < -0.3 is 28.7 Å². The highest BCUT2D eigenvalue weighted by molar-refractivity contribution is 7.28. The molecule has 10 heterocycles. The van der Waals surface area contributed by atoms with E-state index >= 15 is 9.59 Å². The van der Waals surface area contributed by atoms with Crippen molar-refractivity contribution >= 4 is 111 Å². The monoisotopic (exact) mass is 1560 g/mol. The highest BCUT2D eigenvalue weighted by Gasteiger charge is 2.53. The summed E-state index contributed by atoms with van der Waals surface area (Å²) < 4.78 is 30.0. The first-order chi connectivity index (χ1) is 52.0. The molecule has 0 N–H and O–H groups in total. The third kappa shape index (κ3) is 20.7. The number of rotatable bonds is 52. The van der Waals surface area contributed by atoms with E-state index in [1.165, 1.54) is 289 Å². The SMILES string of the molecule is CCCCCCCCCCC(CCCCCCCC)CN1C(=O)C(C2C(=O)N(CC(CCCCCCCC)CCCCCCCCCC)c3cc(-c4cc5c(-c6sc(CC(CC)CCCC)c7c6OCCO7)c6sc(C)cc6c(-c6sc(CC(CC)CCCC)c7c6OCCO7)c5s4)sc32)c2sc(C)cc21. The zero-order valence-electron chi connectivity index (χ0n) is 67.5. The Morgan fingerprint density at radius 1 is 0.358 bits per heavy atom. The average Bonchev–Trinajstić information content (AvgIpc) is 1.55. The summed E-state index contributed by atoms with van der Waals surface area (Å²) in [4.78, 5) is 49.3. The summed E-state index contributed by atoms with van der Waals surface area (Å²) >= 11 is 11.3. The zero-order chi connectivity index (χ0) is 74.3. The van der Waals surface area contributed by atoms with Crippen LogP contribution in [0.3, 0.4) is 0 Å². The van der Waals surface area contributed by atoms with E-state index in [2.05, 4.69) is 103 Å². The van der Waals surface area contributed by atoms with Crippen LogP contribution in [0.2, 0.25) is 0 Å². The maximum absolute atomic E-state index is 16.5. The summed E-state index contributed by atoms with van der Waals surface area (Å²) in [7, 11) is 0. The summed E-state index contributed by atoms with van der Waals surface area (Å²) in [5.41, 5.74) is 4.63. The van der Waals surface area contributed by atoms with E-state index in [9.17, 15) is 0 Å². The molecule has 0 aliphatic carbocycles. The van der Waals surface area contributed by atoms with Crippen LogP contribution in [0.4, 0.5) is 11.4 Å². The molecule has 11 rings (SSSR count). The van der Waals surface area contributed by atoms with Gasteiger partial charge in [-0.2, -0.15) is 0 Å². The summed E-state index contributed by atoms with van der Waals surface area (Å²) in [6.07, 6.45) is 52.1. The molecule has 0 bridgehead atoms.